The Labute approximate surface area is 116 Å². The third-order valence-corrected chi connectivity index (χ3v) is 3.59. The first-order chi connectivity index (χ1) is 9.66. The summed E-state index contributed by atoms with van der Waals surface area (Å²) in [7, 11) is 0. The second-order valence-corrected chi connectivity index (χ2v) is 5.16. The summed E-state index contributed by atoms with van der Waals surface area (Å²) in [6, 6.07) is 0.336. The summed E-state index contributed by atoms with van der Waals surface area (Å²) in [5, 5.41) is 13.8. The quantitative estimate of drug-likeness (QED) is 0.887. The van der Waals surface area contributed by atoms with Crippen LogP contribution in [0.5, 0.6) is 0 Å². The minimum atomic E-state index is 0.0414. The molecule has 3 rings (SSSR count). The van der Waals surface area contributed by atoms with Gasteiger partial charge < -0.3 is 9.32 Å². The van der Waals surface area contributed by atoms with E-state index in [0.717, 1.165) is 18.4 Å². The zero-order chi connectivity index (χ0) is 14.1. The molecule has 0 aliphatic heterocycles. The van der Waals surface area contributed by atoms with Crippen LogP contribution in [0.2, 0.25) is 0 Å². The van der Waals surface area contributed by atoms with Gasteiger partial charge in [-0.3, -0.25) is 4.79 Å². The number of nitrogens with one attached hydrogen (secondary N) is 1. The molecule has 7 heteroatoms. The fourth-order valence-electron chi connectivity index (χ4n) is 2.38. The highest BCUT2D eigenvalue weighted by Gasteiger charge is 2.34. The van der Waals surface area contributed by atoms with E-state index in [0.29, 0.717) is 36.2 Å². The topological polar surface area (TPSA) is 87.9 Å². The van der Waals surface area contributed by atoms with Crippen molar-refractivity contribution in [3.63, 3.8) is 0 Å². The second-order valence-electron chi connectivity index (χ2n) is 5.16. The molecule has 1 saturated carbocycles. The first-order valence-electron chi connectivity index (χ1n) is 6.75. The van der Waals surface area contributed by atoms with Crippen LogP contribution in [0.25, 0.3) is 0 Å². The van der Waals surface area contributed by atoms with Crippen molar-refractivity contribution < 1.29 is 9.21 Å². The molecule has 7 nitrogen and oxygen atoms in total. The number of nitrogens with zero attached hydrogens (tertiary/aromatic N) is 4. The predicted molar refractivity (Wildman–Crippen MR) is 70.1 cm³/mol. The van der Waals surface area contributed by atoms with Crippen molar-refractivity contribution >= 4 is 5.91 Å². The number of aromatic nitrogens is 4. The van der Waals surface area contributed by atoms with Crippen LogP contribution in [0.1, 0.15) is 40.3 Å². The number of aromatic amines is 1. The molecule has 0 saturated heterocycles. The highest BCUT2D eigenvalue weighted by atomic mass is 16.3. The Balaban J connectivity index is 1.75. The smallest absolute Gasteiger partial charge is 0.257 e. The summed E-state index contributed by atoms with van der Waals surface area (Å²) in [6.45, 7) is 4.32. The Morgan fingerprint density at radius 2 is 2.30 bits per heavy atom. The molecule has 0 spiro atoms. The van der Waals surface area contributed by atoms with Gasteiger partial charge in [-0.15, -0.1) is 10.2 Å². The lowest BCUT2D eigenvalue weighted by molar-refractivity contribution is 0.0742. The standard InChI is InChI=1S/C13H17N5O2/c1-8-7-20-9(2)12(8)13(19)18(10-3-4-10)6-5-11-14-16-17-15-11/h7,10H,3-6H2,1-2H3,(H,14,15,16,17). The molecule has 1 amide bonds. The average Bonchev–Trinajstić information content (AvgIpc) is 3.01. The summed E-state index contributed by atoms with van der Waals surface area (Å²) in [4.78, 5) is 14.6. The lowest BCUT2D eigenvalue weighted by Crippen LogP contribution is -2.35. The van der Waals surface area contributed by atoms with E-state index < -0.39 is 0 Å². The monoisotopic (exact) mass is 275 g/mol. The molecule has 0 radical (unpaired) electrons. The summed E-state index contributed by atoms with van der Waals surface area (Å²) in [5.41, 5.74) is 1.57. The molecule has 1 fully saturated rings. The number of hydrogen-bond acceptors (Lipinski definition) is 5. The molecule has 2 aromatic heterocycles. The van der Waals surface area contributed by atoms with Crippen LogP contribution in [0, 0.1) is 13.8 Å². The molecular formula is C13H17N5O2. The van der Waals surface area contributed by atoms with Gasteiger partial charge in [0.25, 0.3) is 5.91 Å². The van der Waals surface area contributed by atoms with Crippen molar-refractivity contribution in [2.24, 2.45) is 0 Å². The number of furan rings is 1. The maximum atomic E-state index is 12.7. The van der Waals surface area contributed by atoms with Crippen molar-refractivity contribution in [3.05, 3.63) is 29.0 Å². The summed E-state index contributed by atoms with van der Waals surface area (Å²) < 4.78 is 5.33. The van der Waals surface area contributed by atoms with Crippen LogP contribution in [-0.4, -0.2) is 44.0 Å². The van der Waals surface area contributed by atoms with E-state index in [9.17, 15) is 4.79 Å². The van der Waals surface area contributed by atoms with Gasteiger partial charge in [0, 0.05) is 24.6 Å². The van der Waals surface area contributed by atoms with Gasteiger partial charge in [-0.1, -0.05) is 5.21 Å². The fourth-order valence-corrected chi connectivity index (χ4v) is 2.38. The van der Waals surface area contributed by atoms with Gasteiger partial charge in [0.05, 0.1) is 11.8 Å². The van der Waals surface area contributed by atoms with Crippen molar-refractivity contribution in [1.82, 2.24) is 25.5 Å². The molecule has 2 heterocycles. The van der Waals surface area contributed by atoms with Gasteiger partial charge in [0.2, 0.25) is 0 Å². The number of hydrogen-bond donors (Lipinski definition) is 1. The highest BCUT2D eigenvalue weighted by Crippen LogP contribution is 2.30. The number of carbonyl (C=O) groups is 1. The van der Waals surface area contributed by atoms with Crippen molar-refractivity contribution in [2.45, 2.75) is 39.2 Å². The van der Waals surface area contributed by atoms with E-state index in [2.05, 4.69) is 20.6 Å². The van der Waals surface area contributed by atoms with Gasteiger partial charge >= 0.3 is 0 Å². The van der Waals surface area contributed by atoms with E-state index in [-0.39, 0.29) is 5.91 Å². The molecule has 1 N–H and O–H groups in total. The number of carbonyl (C=O) groups excluding carboxylic acids is 1. The summed E-state index contributed by atoms with van der Waals surface area (Å²) in [5.74, 6) is 1.35. The van der Waals surface area contributed by atoms with Crippen LogP contribution in [0.4, 0.5) is 0 Å². The minimum absolute atomic E-state index is 0.0414. The summed E-state index contributed by atoms with van der Waals surface area (Å²) in [6.07, 6.45) is 4.36. The first-order valence-corrected chi connectivity index (χ1v) is 6.75. The van der Waals surface area contributed by atoms with Crippen molar-refractivity contribution in [3.8, 4) is 0 Å². The molecular weight excluding hydrogens is 258 g/mol. The number of H-pyrrole nitrogens is 1. The van der Waals surface area contributed by atoms with E-state index in [4.69, 9.17) is 4.42 Å². The maximum Gasteiger partial charge on any atom is 0.257 e. The highest BCUT2D eigenvalue weighted by molar-refractivity contribution is 5.96. The molecule has 20 heavy (non-hydrogen) atoms. The zero-order valence-corrected chi connectivity index (χ0v) is 11.6. The van der Waals surface area contributed by atoms with Crippen LogP contribution < -0.4 is 0 Å². The lowest BCUT2D eigenvalue weighted by Gasteiger charge is -2.22. The van der Waals surface area contributed by atoms with Gasteiger partial charge in [0.15, 0.2) is 5.82 Å². The molecule has 0 unspecified atom stereocenters. The molecule has 106 valence electrons. The largest absolute Gasteiger partial charge is 0.469 e. The molecule has 0 bridgehead atoms. The lowest BCUT2D eigenvalue weighted by atomic mass is 10.1. The first kappa shape index (κ1) is 12.8. The van der Waals surface area contributed by atoms with Gasteiger partial charge in [-0.05, 0) is 26.7 Å². The predicted octanol–water partition coefficient (Wildman–Crippen LogP) is 1.26. The van der Waals surface area contributed by atoms with E-state index >= 15 is 0 Å². The Bertz CT molecular complexity index is 581. The zero-order valence-electron chi connectivity index (χ0n) is 11.6. The molecule has 1 aliphatic rings. The van der Waals surface area contributed by atoms with Gasteiger partial charge in [-0.25, -0.2) is 0 Å². The van der Waals surface area contributed by atoms with E-state index in [1.807, 2.05) is 18.7 Å². The second kappa shape index (κ2) is 5.07. The average molecular weight is 275 g/mol. The van der Waals surface area contributed by atoms with Crippen molar-refractivity contribution in [2.75, 3.05) is 6.54 Å². The van der Waals surface area contributed by atoms with Crippen LogP contribution in [-0.2, 0) is 6.42 Å². The molecule has 1 aliphatic carbocycles. The van der Waals surface area contributed by atoms with Crippen LogP contribution in [0.3, 0.4) is 0 Å². The van der Waals surface area contributed by atoms with E-state index in [1.54, 1.807) is 6.26 Å². The number of rotatable bonds is 5. The third kappa shape index (κ3) is 2.43. The summed E-state index contributed by atoms with van der Waals surface area (Å²) >= 11 is 0. The number of amides is 1. The Morgan fingerprint density at radius 1 is 1.50 bits per heavy atom. The Hall–Kier alpha value is -2.18. The fraction of sp³-hybridized carbons (Fsp3) is 0.538. The van der Waals surface area contributed by atoms with Crippen molar-refractivity contribution in [1.29, 1.82) is 0 Å². The normalized spacial score (nSPS) is 14.5. The molecule has 2 aromatic rings. The van der Waals surface area contributed by atoms with Crippen LogP contribution in [0.15, 0.2) is 10.7 Å². The number of tetrazole rings is 1. The minimum Gasteiger partial charge on any atom is -0.469 e. The van der Waals surface area contributed by atoms with Crippen LogP contribution >= 0.6 is 0 Å². The maximum absolute atomic E-state index is 12.7. The third-order valence-electron chi connectivity index (χ3n) is 3.59. The molecule has 0 atom stereocenters. The van der Waals surface area contributed by atoms with Gasteiger partial charge in [0.1, 0.15) is 5.76 Å². The Kier molecular flexibility index (Phi) is 3.25. The van der Waals surface area contributed by atoms with E-state index in [1.165, 1.54) is 0 Å². The molecule has 0 aromatic carbocycles. The number of aryl methyl sites for hydroxylation is 2. The Morgan fingerprint density at radius 3 is 2.85 bits per heavy atom. The van der Waals surface area contributed by atoms with Gasteiger partial charge in [-0.2, -0.15) is 5.21 Å². The SMILES string of the molecule is Cc1coc(C)c1C(=O)N(CCc1nn[nH]n1)C1CC1.